The van der Waals surface area contributed by atoms with E-state index in [0.29, 0.717) is 29.9 Å². The number of carbonyl (C=O) groups excluding carboxylic acids is 1. The Morgan fingerprint density at radius 3 is 2.64 bits per heavy atom. The molecule has 132 valence electrons. The number of aromatic nitrogens is 2. The smallest absolute Gasteiger partial charge is 0.250 e. The highest BCUT2D eigenvalue weighted by molar-refractivity contribution is 7.99. The van der Waals surface area contributed by atoms with E-state index in [1.54, 1.807) is 24.7 Å². The number of hydrogen-bond acceptors (Lipinski definition) is 7. The first-order valence-electron chi connectivity index (χ1n) is 7.84. The number of hydrazone groups is 1. The van der Waals surface area contributed by atoms with Crippen molar-refractivity contribution < 1.29 is 14.3 Å². The number of nitrogens with one attached hydrogen (secondary N) is 1. The van der Waals surface area contributed by atoms with Crippen molar-refractivity contribution in [3.05, 3.63) is 42.2 Å². The van der Waals surface area contributed by atoms with Crippen LogP contribution in [0.25, 0.3) is 0 Å². The van der Waals surface area contributed by atoms with Crippen molar-refractivity contribution >= 4 is 23.9 Å². The van der Waals surface area contributed by atoms with Crippen molar-refractivity contribution in [1.29, 1.82) is 0 Å². The lowest BCUT2D eigenvalue weighted by Gasteiger charge is -2.11. The second-order valence-electron chi connectivity index (χ2n) is 4.69. The molecule has 0 aliphatic rings. The van der Waals surface area contributed by atoms with E-state index < -0.39 is 0 Å². The summed E-state index contributed by atoms with van der Waals surface area (Å²) in [5.41, 5.74) is 3.27. The Kier molecular flexibility index (Phi) is 7.71. The number of thioether (sulfide) groups is 1. The minimum absolute atomic E-state index is 0.189. The summed E-state index contributed by atoms with van der Waals surface area (Å²) in [6, 6.07) is 7.20. The number of benzene rings is 1. The highest BCUT2D eigenvalue weighted by Crippen LogP contribution is 2.27. The van der Waals surface area contributed by atoms with E-state index in [1.807, 2.05) is 32.0 Å². The number of hydrogen-bond donors (Lipinski definition) is 1. The molecule has 1 amide bonds. The van der Waals surface area contributed by atoms with Crippen LogP contribution in [0.2, 0.25) is 0 Å². The molecule has 0 fully saturated rings. The summed E-state index contributed by atoms with van der Waals surface area (Å²) in [5.74, 6) is 1.29. The third-order valence-electron chi connectivity index (χ3n) is 2.84. The van der Waals surface area contributed by atoms with Gasteiger partial charge in [-0.15, -0.1) is 0 Å². The number of amides is 1. The number of nitrogens with zero attached hydrogens (tertiary/aromatic N) is 3. The van der Waals surface area contributed by atoms with Gasteiger partial charge < -0.3 is 9.47 Å². The van der Waals surface area contributed by atoms with Gasteiger partial charge in [0.05, 0.1) is 25.2 Å². The Morgan fingerprint density at radius 2 is 1.92 bits per heavy atom. The Morgan fingerprint density at radius 1 is 1.20 bits per heavy atom. The summed E-state index contributed by atoms with van der Waals surface area (Å²) in [4.78, 5) is 19.8. The third-order valence-corrected chi connectivity index (χ3v) is 3.72. The zero-order valence-electron chi connectivity index (χ0n) is 14.1. The van der Waals surface area contributed by atoms with E-state index in [9.17, 15) is 4.79 Å². The highest BCUT2D eigenvalue weighted by atomic mass is 32.2. The standard InChI is InChI=1S/C17H20N4O3S/c1-3-23-14-7-6-13(10-15(14)24-4-2)11-20-21-16(22)12-25-17-18-8-5-9-19-17/h5-11H,3-4,12H2,1-2H3,(H,21,22)/b20-11-. The third kappa shape index (κ3) is 6.42. The average molecular weight is 360 g/mol. The summed E-state index contributed by atoms with van der Waals surface area (Å²) in [7, 11) is 0. The summed E-state index contributed by atoms with van der Waals surface area (Å²) >= 11 is 1.25. The molecular weight excluding hydrogens is 340 g/mol. The van der Waals surface area contributed by atoms with E-state index in [-0.39, 0.29) is 11.7 Å². The van der Waals surface area contributed by atoms with Crippen molar-refractivity contribution in [2.24, 2.45) is 5.10 Å². The maximum Gasteiger partial charge on any atom is 0.250 e. The number of ether oxygens (including phenoxy) is 2. The molecule has 0 radical (unpaired) electrons. The molecule has 0 aliphatic heterocycles. The lowest BCUT2D eigenvalue weighted by Crippen LogP contribution is -2.19. The predicted molar refractivity (Wildman–Crippen MR) is 97.3 cm³/mol. The fourth-order valence-corrected chi connectivity index (χ4v) is 2.44. The van der Waals surface area contributed by atoms with Crippen LogP contribution in [0.5, 0.6) is 11.5 Å². The lowest BCUT2D eigenvalue weighted by molar-refractivity contribution is -0.118. The van der Waals surface area contributed by atoms with Gasteiger partial charge in [-0.1, -0.05) is 11.8 Å². The second kappa shape index (κ2) is 10.3. The molecule has 8 heteroatoms. The molecule has 25 heavy (non-hydrogen) atoms. The highest BCUT2D eigenvalue weighted by Gasteiger charge is 2.06. The second-order valence-corrected chi connectivity index (χ2v) is 5.63. The Balaban J connectivity index is 1.88. The lowest BCUT2D eigenvalue weighted by atomic mass is 10.2. The molecular formula is C17H20N4O3S. The Bertz CT molecular complexity index is 710. The first-order valence-corrected chi connectivity index (χ1v) is 8.82. The minimum atomic E-state index is -0.232. The van der Waals surface area contributed by atoms with Crippen LogP contribution in [0, 0.1) is 0 Å². The predicted octanol–water partition coefficient (Wildman–Crippen LogP) is 2.52. The van der Waals surface area contributed by atoms with E-state index in [4.69, 9.17) is 9.47 Å². The maximum atomic E-state index is 11.8. The van der Waals surface area contributed by atoms with Crippen molar-refractivity contribution in [1.82, 2.24) is 15.4 Å². The summed E-state index contributed by atoms with van der Waals surface area (Å²) in [6.45, 7) is 4.92. The van der Waals surface area contributed by atoms with Crippen LogP contribution in [-0.2, 0) is 4.79 Å². The monoisotopic (exact) mass is 360 g/mol. The van der Waals surface area contributed by atoms with Crippen molar-refractivity contribution in [2.45, 2.75) is 19.0 Å². The van der Waals surface area contributed by atoms with Crippen molar-refractivity contribution in [3.63, 3.8) is 0 Å². The molecule has 1 aromatic heterocycles. The molecule has 1 heterocycles. The summed E-state index contributed by atoms with van der Waals surface area (Å²) in [6.07, 6.45) is 4.82. The van der Waals surface area contributed by atoms with E-state index in [2.05, 4.69) is 20.5 Å². The van der Waals surface area contributed by atoms with Gasteiger partial charge in [-0.05, 0) is 43.7 Å². The van der Waals surface area contributed by atoms with Gasteiger partial charge in [0.25, 0.3) is 5.91 Å². The average Bonchev–Trinajstić information content (AvgIpc) is 2.63. The number of carbonyl (C=O) groups is 1. The van der Waals surface area contributed by atoms with Crippen LogP contribution >= 0.6 is 11.8 Å². The molecule has 7 nitrogen and oxygen atoms in total. The van der Waals surface area contributed by atoms with Gasteiger partial charge in [-0.3, -0.25) is 4.79 Å². The van der Waals surface area contributed by atoms with Gasteiger partial charge in [-0.2, -0.15) is 5.10 Å². The molecule has 0 atom stereocenters. The molecule has 2 rings (SSSR count). The van der Waals surface area contributed by atoms with Gasteiger partial charge in [0, 0.05) is 12.4 Å². The fraction of sp³-hybridized carbons (Fsp3) is 0.294. The van der Waals surface area contributed by atoms with Crippen LogP contribution in [0.4, 0.5) is 0 Å². The quantitative estimate of drug-likeness (QED) is 0.320. The fourth-order valence-electron chi connectivity index (χ4n) is 1.85. The molecule has 0 unspecified atom stereocenters. The molecule has 1 aromatic carbocycles. The Hall–Kier alpha value is -2.61. The van der Waals surface area contributed by atoms with E-state index in [1.165, 1.54) is 11.8 Å². The van der Waals surface area contributed by atoms with Gasteiger partial charge in [0.15, 0.2) is 16.7 Å². The van der Waals surface area contributed by atoms with Crippen LogP contribution < -0.4 is 14.9 Å². The van der Waals surface area contributed by atoms with Crippen LogP contribution in [0.1, 0.15) is 19.4 Å². The normalized spacial score (nSPS) is 10.6. The van der Waals surface area contributed by atoms with Crippen molar-refractivity contribution in [3.8, 4) is 11.5 Å². The molecule has 0 spiro atoms. The van der Waals surface area contributed by atoms with Gasteiger partial charge >= 0.3 is 0 Å². The van der Waals surface area contributed by atoms with Crippen LogP contribution in [-0.4, -0.2) is 41.1 Å². The SMILES string of the molecule is CCOc1ccc(/C=N\NC(=O)CSc2ncccn2)cc1OCC. The Labute approximate surface area is 150 Å². The molecule has 0 saturated heterocycles. The molecule has 2 aromatic rings. The van der Waals surface area contributed by atoms with Crippen LogP contribution in [0.3, 0.4) is 0 Å². The molecule has 0 aliphatic carbocycles. The molecule has 0 saturated carbocycles. The minimum Gasteiger partial charge on any atom is -0.490 e. The first-order chi connectivity index (χ1) is 12.2. The van der Waals surface area contributed by atoms with Gasteiger partial charge in [0.2, 0.25) is 0 Å². The maximum absolute atomic E-state index is 11.8. The zero-order chi connectivity index (χ0) is 17.9. The molecule has 1 N–H and O–H groups in total. The number of rotatable bonds is 9. The largest absolute Gasteiger partial charge is 0.490 e. The topological polar surface area (TPSA) is 85.7 Å². The zero-order valence-corrected chi connectivity index (χ0v) is 15.0. The summed E-state index contributed by atoms with van der Waals surface area (Å²) < 4.78 is 11.1. The summed E-state index contributed by atoms with van der Waals surface area (Å²) in [5, 5.41) is 4.51. The molecule has 0 bridgehead atoms. The van der Waals surface area contributed by atoms with Gasteiger partial charge in [-0.25, -0.2) is 15.4 Å². The van der Waals surface area contributed by atoms with Crippen LogP contribution in [0.15, 0.2) is 46.9 Å². The van der Waals surface area contributed by atoms with Gasteiger partial charge in [0.1, 0.15) is 0 Å². The van der Waals surface area contributed by atoms with E-state index >= 15 is 0 Å². The van der Waals surface area contributed by atoms with Crippen molar-refractivity contribution in [2.75, 3.05) is 19.0 Å². The van der Waals surface area contributed by atoms with E-state index in [0.717, 1.165) is 5.56 Å². The first kappa shape index (κ1) is 18.7.